The van der Waals surface area contributed by atoms with Gasteiger partial charge < -0.3 is 16.4 Å². The topological polar surface area (TPSA) is 67.1 Å². The van der Waals surface area contributed by atoms with Crippen LogP contribution in [0.5, 0.6) is 0 Å². The van der Waals surface area contributed by atoms with Gasteiger partial charge in [0.05, 0.1) is 11.4 Å². The number of anilines is 3. The normalized spacial score (nSPS) is 10.2. The van der Waals surface area contributed by atoms with Gasteiger partial charge in [-0.2, -0.15) is 0 Å². The predicted octanol–water partition coefficient (Wildman–Crippen LogP) is 3.33. The van der Waals surface area contributed by atoms with Crippen molar-refractivity contribution in [2.45, 2.75) is 0 Å². The van der Waals surface area contributed by atoms with Crippen molar-refractivity contribution in [3.05, 3.63) is 53.8 Å². The standard InChI is InChI=1S/C13H10F3N3O/c14-7-5-9(16)12(10(17)6-7)19-13(20)18-11-4-2-1-3-8(11)15/h1-6H,17H2,(H2,18,19,20). The van der Waals surface area contributed by atoms with Gasteiger partial charge in [0.1, 0.15) is 17.3 Å². The van der Waals surface area contributed by atoms with Crippen molar-refractivity contribution >= 4 is 23.1 Å². The van der Waals surface area contributed by atoms with Gasteiger partial charge in [-0.1, -0.05) is 12.1 Å². The van der Waals surface area contributed by atoms with Crippen LogP contribution in [-0.2, 0) is 0 Å². The van der Waals surface area contributed by atoms with E-state index in [0.717, 1.165) is 12.1 Å². The number of urea groups is 1. The monoisotopic (exact) mass is 281 g/mol. The van der Waals surface area contributed by atoms with Gasteiger partial charge in [0.25, 0.3) is 0 Å². The Morgan fingerprint density at radius 3 is 2.35 bits per heavy atom. The summed E-state index contributed by atoms with van der Waals surface area (Å²) in [5.74, 6) is -2.53. The summed E-state index contributed by atoms with van der Waals surface area (Å²) in [5.41, 5.74) is 4.67. The van der Waals surface area contributed by atoms with E-state index in [1.54, 1.807) is 0 Å². The van der Waals surface area contributed by atoms with Crippen LogP contribution in [0.25, 0.3) is 0 Å². The Balaban J connectivity index is 2.15. The maximum Gasteiger partial charge on any atom is 0.323 e. The number of carbonyl (C=O) groups is 1. The van der Waals surface area contributed by atoms with E-state index in [0.29, 0.717) is 6.07 Å². The molecule has 0 heterocycles. The highest BCUT2D eigenvalue weighted by molar-refractivity contribution is 6.01. The van der Waals surface area contributed by atoms with E-state index in [1.807, 2.05) is 0 Å². The molecule has 0 spiro atoms. The van der Waals surface area contributed by atoms with Crippen LogP contribution in [0.15, 0.2) is 36.4 Å². The Kier molecular flexibility index (Phi) is 3.79. The molecule has 0 radical (unpaired) electrons. The van der Waals surface area contributed by atoms with Crippen LogP contribution in [0.3, 0.4) is 0 Å². The van der Waals surface area contributed by atoms with Crippen molar-refractivity contribution in [3.63, 3.8) is 0 Å². The first kappa shape index (κ1) is 13.7. The first-order valence-corrected chi connectivity index (χ1v) is 5.54. The number of hydrogen-bond donors (Lipinski definition) is 3. The summed E-state index contributed by atoms with van der Waals surface area (Å²) in [6.07, 6.45) is 0. The van der Waals surface area contributed by atoms with Gasteiger partial charge in [0.2, 0.25) is 0 Å². The van der Waals surface area contributed by atoms with Crippen LogP contribution in [0.4, 0.5) is 35.0 Å². The highest BCUT2D eigenvalue weighted by Crippen LogP contribution is 2.24. The van der Waals surface area contributed by atoms with E-state index in [9.17, 15) is 18.0 Å². The van der Waals surface area contributed by atoms with Crippen LogP contribution in [0, 0.1) is 17.5 Å². The molecular formula is C13H10F3N3O. The third-order valence-electron chi connectivity index (χ3n) is 2.45. The second kappa shape index (κ2) is 5.52. The van der Waals surface area contributed by atoms with Crippen molar-refractivity contribution in [2.75, 3.05) is 16.4 Å². The van der Waals surface area contributed by atoms with Crippen LogP contribution >= 0.6 is 0 Å². The summed E-state index contributed by atoms with van der Waals surface area (Å²) in [4.78, 5) is 11.6. The number of hydrogen-bond acceptors (Lipinski definition) is 2. The minimum absolute atomic E-state index is 0.0777. The molecule has 0 aliphatic carbocycles. The van der Waals surface area contributed by atoms with Gasteiger partial charge in [-0.15, -0.1) is 0 Å². The molecule has 0 fully saturated rings. The molecule has 0 saturated carbocycles. The lowest BCUT2D eigenvalue weighted by Gasteiger charge is -2.11. The number of halogens is 3. The summed E-state index contributed by atoms with van der Waals surface area (Å²) in [6.45, 7) is 0. The van der Waals surface area contributed by atoms with E-state index in [2.05, 4.69) is 10.6 Å². The Bertz CT molecular complexity index is 638. The molecule has 4 N–H and O–H groups in total. The van der Waals surface area contributed by atoms with Gasteiger partial charge in [0, 0.05) is 6.07 Å². The van der Waals surface area contributed by atoms with Crippen molar-refractivity contribution in [1.29, 1.82) is 0 Å². The molecule has 2 rings (SSSR count). The van der Waals surface area contributed by atoms with Crippen LogP contribution in [0.2, 0.25) is 0 Å². The minimum atomic E-state index is -1.02. The zero-order valence-corrected chi connectivity index (χ0v) is 10.1. The number of para-hydroxylation sites is 1. The van der Waals surface area contributed by atoms with E-state index < -0.39 is 23.5 Å². The van der Waals surface area contributed by atoms with Crippen LogP contribution < -0.4 is 16.4 Å². The number of nitrogen functional groups attached to an aromatic ring is 1. The average molecular weight is 281 g/mol. The first-order valence-electron chi connectivity index (χ1n) is 5.54. The van der Waals surface area contributed by atoms with Gasteiger partial charge in [-0.05, 0) is 18.2 Å². The number of nitrogens with one attached hydrogen (secondary N) is 2. The fourth-order valence-corrected chi connectivity index (χ4v) is 1.56. The Labute approximate surface area is 112 Å². The molecule has 7 heteroatoms. The number of benzene rings is 2. The van der Waals surface area contributed by atoms with Gasteiger partial charge in [-0.3, -0.25) is 0 Å². The van der Waals surface area contributed by atoms with Gasteiger partial charge >= 0.3 is 6.03 Å². The number of nitrogens with two attached hydrogens (primary N) is 1. The fraction of sp³-hybridized carbons (Fsp3) is 0. The van der Waals surface area contributed by atoms with E-state index in [1.165, 1.54) is 18.2 Å². The molecule has 0 saturated heterocycles. The van der Waals surface area contributed by atoms with Crippen LogP contribution in [0.1, 0.15) is 0 Å². The molecule has 2 aromatic carbocycles. The molecule has 2 aromatic rings. The molecule has 0 bridgehead atoms. The Hall–Kier alpha value is -2.70. The first-order chi connectivity index (χ1) is 9.47. The quantitative estimate of drug-likeness (QED) is 0.739. The molecule has 20 heavy (non-hydrogen) atoms. The second-order valence-corrected chi connectivity index (χ2v) is 3.91. The number of amides is 2. The summed E-state index contributed by atoms with van der Waals surface area (Å²) in [7, 11) is 0. The average Bonchev–Trinajstić information content (AvgIpc) is 2.36. The third-order valence-corrected chi connectivity index (χ3v) is 2.45. The van der Waals surface area contributed by atoms with Crippen molar-refractivity contribution < 1.29 is 18.0 Å². The molecule has 0 unspecified atom stereocenters. The van der Waals surface area contributed by atoms with Crippen LogP contribution in [-0.4, -0.2) is 6.03 Å². The summed E-state index contributed by atoms with van der Waals surface area (Å²) < 4.78 is 39.6. The minimum Gasteiger partial charge on any atom is -0.397 e. The lowest BCUT2D eigenvalue weighted by atomic mass is 10.2. The lowest BCUT2D eigenvalue weighted by molar-refractivity contribution is 0.262. The molecule has 104 valence electrons. The fourth-order valence-electron chi connectivity index (χ4n) is 1.56. The van der Waals surface area contributed by atoms with E-state index in [4.69, 9.17) is 5.73 Å². The maximum atomic E-state index is 13.5. The smallest absolute Gasteiger partial charge is 0.323 e. The second-order valence-electron chi connectivity index (χ2n) is 3.91. The molecule has 4 nitrogen and oxygen atoms in total. The molecule has 0 aliphatic heterocycles. The SMILES string of the molecule is Nc1cc(F)cc(F)c1NC(=O)Nc1ccccc1F. The van der Waals surface area contributed by atoms with Crippen molar-refractivity contribution in [1.82, 2.24) is 0 Å². The lowest BCUT2D eigenvalue weighted by Crippen LogP contribution is -2.21. The summed E-state index contributed by atoms with van der Waals surface area (Å²) in [5, 5.41) is 4.28. The number of rotatable bonds is 2. The number of carbonyl (C=O) groups excluding carboxylic acids is 1. The zero-order valence-electron chi connectivity index (χ0n) is 10.1. The zero-order chi connectivity index (χ0) is 14.7. The molecule has 2 amide bonds. The summed E-state index contributed by atoms with van der Waals surface area (Å²) >= 11 is 0. The van der Waals surface area contributed by atoms with Gasteiger partial charge in [-0.25, -0.2) is 18.0 Å². The molecule has 0 aromatic heterocycles. The van der Waals surface area contributed by atoms with Crippen molar-refractivity contribution in [2.24, 2.45) is 0 Å². The van der Waals surface area contributed by atoms with E-state index in [-0.39, 0.29) is 17.1 Å². The van der Waals surface area contributed by atoms with E-state index >= 15 is 0 Å². The third kappa shape index (κ3) is 3.00. The largest absolute Gasteiger partial charge is 0.397 e. The highest BCUT2D eigenvalue weighted by Gasteiger charge is 2.13. The molecule has 0 aliphatic rings. The molecular weight excluding hydrogens is 271 g/mol. The Morgan fingerprint density at radius 2 is 1.70 bits per heavy atom. The summed E-state index contributed by atoms with van der Waals surface area (Å²) in [6, 6.07) is 6.01. The highest BCUT2D eigenvalue weighted by atomic mass is 19.1. The maximum absolute atomic E-state index is 13.5. The Morgan fingerprint density at radius 1 is 1.00 bits per heavy atom. The molecule has 0 atom stereocenters. The van der Waals surface area contributed by atoms with Crippen molar-refractivity contribution in [3.8, 4) is 0 Å². The predicted molar refractivity (Wildman–Crippen MR) is 69.8 cm³/mol. The van der Waals surface area contributed by atoms with Gasteiger partial charge in [0.15, 0.2) is 5.82 Å².